The Hall–Kier alpha value is -2.93. The smallest absolute Gasteiger partial charge is 0.203 e. The Morgan fingerprint density at radius 3 is 2.07 bits per heavy atom. The Bertz CT molecular complexity index is 913. The second-order valence-electron chi connectivity index (χ2n) is 5.82. The number of ether oxygens (including phenoxy) is 4. The fraction of sp³-hybridized carbons (Fsp3) is 0.286. The van der Waals surface area contributed by atoms with Gasteiger partial charge in [0, 0.05) is 12.6 Å². The van der Waals surface area contributed by atoms with E-state index in [0.717, 1.165) is 32.6 Å². The lowest BCUT2D eigenvalue weighted by Gasteiger charge is -2.14. The van der Waals surface area contributed by atoms with Gasteiger partial charge >= 0.3 is 0 Å². The van der Waals surface area contributed by atoms with E-state index in [1.807, 2.05) is 50.4 Å². The molecule has 2 aromatic carbocycles. The van der Waals surface area contributed by atoms with Crippen molar-refractivity contribution in [3.8, 4) is 44.7 Å². The van der Waals surface area contributed by atoms with Crippen molar-refractivity contribution in [2.75, 3.05) is 40.3 Å². The van der Waals surface area contributed by atoms with E-state index in [4.69, 9.17) is 23.9 Å². The third-order valence-corrected chi connectivity index (χ3v) is 5.33. The van der Waals surface area contributed by atoms with Crippen LogP contribution in [0.15, 0.2) is 36.4 Å². The zero-order valence-corrected chi connectivity index (χ0v) is 17.5. The van der Waals surface area contributed by atoms with Gasteiger partial charge in [0.2, 0.25) is 5.75 Å². The number of hydrogen-bond acceptors (Lipinski definition) is 7. The van der Waals surface area contributed by atoms with Crippen molar-refractivity contribution < 1.29 is 18.9 Å². The van der Waals surface area contributed by atoms with Gasteiger partial charge < -0.3 is 24.3 Å². The van der Waals surface area contributed by atoms with Gasteiger partial charge in [-0.2, -0.15) is 0 Å². The van der Waals surface area contributed by atoms with Crippen LogP contribution in [-0.4, -0.2) is 40.0 Å². The molecule has 3 aromatic rings. The van der Waals surface area contributed by atoms with Crippen molar-refractivity contribution in [2.45, 2.75) is 6.92 Å². The summed E-state index contributed by atoms with van der Waals surface area (Å²) >= 11 is 1.59. The van der Waals surface area contributed by atoms with Crippen molar-refractivity contribution in [1.29, 1.82) is 0 Å². The van der Waals surface area contributed by atoms with E-state index in [0.29, 0.717) is 23.9 Å². The first-order valence-corrected chi connectivity index (χ1v) is 9.69. The summed E-state index contributed by atoms with van der Waals surface area (Å²) in [4.78, 5) is 5.81. The van der Waals surface area contributed by atoms with Gasteiger partial charge in [-0.1, -0.05) is 11.3 Å². The van der Waals surface area contributed by atoms with Crippen LogP contribution >= 0.6 is 11.3 Å². The average molecular weight is 401 g/mol. The molecule has 0 spiro atoms. The van der Waals surface area contributed by atoms with Gasteiger partial charge in [-0.3, -0.25) is 0 Å². The molecular weight excluding hydrogens is 376 g/mol. The number of nitrogens with zero attached hydrogens (tertiary/aromatic N) is 1. The van der Waals surface area contributed by atoms with Crippen LogP contribution in [-0.2, 0) is 0 Å². The standard InChI is InChI=1S/C21H24N2O4S/c1-6-27-15-9-7-13(8-10-15)20-18(23-21(22-2)28-20)14-11-16(24-3)19(26-5)17(12-14)25-4/h7-12H,6H2,1-5H3,(H,22,23). The molecule has 0 aliphatic heterocycles. The molecule has 0 radical (unpaired) electrons. The minimum absolute atomic E-state index is 0.556. The second kappa shape index (κ2) is 8.84. The van der Waals surface area contributed by atoms with Crippen LogP contribution < -0.4 is 24.3 Å². The summed E-state index contributed by atoms with van der Waals surface area (Å²) in [6.07, 6.45) is 0. The van der Waals surface area contributed by atoms with E-state index in [1.54, 1.807) is 32.7 Å². The van der Waals surface area contributed by atoms with Gasteiger partial charge in [-0.25, -0.2) is 4.98 Å². The molecule has 0 saturated carbocycles. The lowest BCUT2D eigenvalue weighted by Crippen LogP contribution is -1.96. The fourth-order valence-corrected chi connectivity index (χ4v) is 3.85. The van der Waals surface area contributed by atoms with Gasteiger partial charge in [0.15, 0.2) is 16.6 Å². The number of nitrogens with one attached hydrogen (secondary N) is 1. The Morgan fingerprint density at radius 1 is 0.929 bits per heavy atom. The molecule has 0 bridgehead atoms. The lowest BCUT2D eigenvalue weighted by atomic mass is 10.1. The van der Waals surface area contributed by atoms with E-state index >= 15 is 0 Å². The largest absolute Gasteiger partial charge is 0.494 e. The maximum atomic E-state index is 5.55. The van der Waals surface area contributed by atoms with Crippen molar-refractivity contribution in [2.24, 2.45) is 0 Å². The van der Waals surface area contributed by atoms with E-state index in [9.17, 15) is 0 Å². The SMILES string of the molecule is CCOc1ccc(-c2sc(NC)nc2-c2cc(OC)c(OC)c(OC)c2)cc1. The summed E-state index contributed by atoms with van der Waals surface area (Å²) in [6, 6.07) is 11.8. The van der Waals surface area contributed by atoms with E-state index in [1.165, 1.54) is 0 Å². The van der Waals surface area contributed by atoms with Crippen LogP contribution in [0.4, 0.5) is 5.13 Å². The van der Waals surface area contributed by atoms with Gasteiger partial charge in [0.05, 0.1) is 38.5 Å². The molecule has 7 heteroatoms. The number of benzene rings is 2. The third-order valence-electron chi connectivity index (χ3n) is 4.21. The highest BCUT2D eigenvalue weighted by Crippen LogP contribution is 2.45. The van der Waals surface area contributed by atoms with Crippen molar-refractivity contribution in [3.05, 3.63) is 36.4 Å². The molecule has 148 valence electrons. The fourth-order valence-electron chi connectivity index (χ4n) is 2.91. The predicted octanol–water partition coefficient (Wildman–Crippen LogP) is 4.94. The summed E-state index contributed by atoms with van der Waals surface area (Å²) in [6.45, 7) is 2.61. The Morgan fingerprint density at radius 2 is 1.57 bits per heavy atom. The number of rotatable bonds is 8. The highest BCUT2D eigenvalue weighted by Gasteiger charge is 2.20. The minimum Gasteiger partial charge on any atom is -0.494 e. The number of hydrogen-bond donors (Lipinski definition) is 1. The van der Waals surface area contributed by atoms with E-state index in [2.05, 4.69) is 5.32 Å². The van der Waals surface area contributed by atoms with Gasteiger partial charge in [0.1, 0.15) is 5.75 Å². The maximum absolute atomic E-state index is 5.55. The quantitative estimate of drug-likeness (QED) is 0.578. The Kier molecular flexibility index (Phi) is 6.26. The zero-order valence-electron chi connectivity index (χ0n) is 16.7. The Labute approximate surface area is 169 Å². The lowest BCUT2D eigenvalue weighted by molar-refractivity contribution is 0.324. The van der Waals surface area contributed by atoms with E-state index in [-0.39, 0.29) is 0 Å². The molecule has 0 amide bonds. The zero-order chi connectivity index (χ0) is 20.1. The number of aromatic nitrogens is 1. The summed E-state index contributed by atoms with van der Waals surface area (Å²) in [5.41, 5.74) is 2.79. The molecule has 0 saturated heterocycles. The van der Waals surface area contributed by atoms with Crippen LogP contribution in [0.1, 0.15) is 6.92 Å². The highest BCUT2D eigenvalue weighted by atomic mass is 32.1. The van der Waals surface area contributed by atoms with Crippen molar-refractivity contribution in [1.82, 2.24) is 4.98 Å². The van der Waals surface area contributed by atoms with Gasteiger partial charge in [-0.15, -0.1) is 0 Å². The maximum Gasteiger partial charge on any atom is 0.203 e. The highest BCUT2D eigenvalue weighted by molar-refractivity contribution is 7.19. The summed E-state index contributed by atoms with van der Waals surface area (Å²) in [7, 11) is 6.66. The molecule has 0 aliphatic rings. The number of thiazole rings is 1. The van der Waals surface area contributed by atoms with Crippen LogP contribution in [0.25, 0.3) is 21.7 Å². The molecule has 0 atom stereocenters. The Balaban J connectivity index is 2.13. The summed E-state index contributed by atoms with van der Waals surface area (Å²) < 4.78 is 22.0. The van der Waals surface area contributed by atoms with Crippen LogP contribution in [0.2, 0.25) is 0 Å². The molecule has 0 fully saturated rings. The van der Waals surface area contributed by atoms with Crippen LogP contribution in [0.3, 0.4) is 0 Å². The first-order valence-electron chi connectivity index (χ1n) is 8.87. The topological polar surface area (TPSA) is 61.8 Å². The molecular formula is C21H24N2O4S. The average Bonchev–Trinajstić information content (AvgIpc) is 3.18. The third kappa shape index (κ3) is 3.84. The van der Waals surface area contributed by atoms with Crippen LogP contribution in [0, 0.1) is 0 Å². The molecule has 1 heterocycles. The van der Waals surface area contributed by atoms with E-state index < -0.39 is 0 Å². The molecule has 28 heavy (non-hydrogen) atoms. The first-order chi connectivity index (χ1) is 13.6. The molecule has 0 unspecified atom stereocenters. The second-order valence-corrected chi connectivity index (χ2v) is 6.82. The first kappa shape index (κ1) is 19.8. The molecule has 1 aromatic heterocycles. The molecule has 0 aliphatic carbocycles. The summed E-state index contributed by atoms with van der Waals surface area (Å²) in [5.74, 6) is 2.58. The monoisotopic (exact) mass is 400 g/mol. The molecule has 1 N–H and O–H groups in total. The number of methoxy groups -OCH3 is 3. The predicted molar refractivity (Wildman–Crippen MR) is 113 cm³/mol. The normalized spacial score (nSPS) is 10.5. The molecule has 3 rings (SSSR count). The minimum atomic E-state index is 0.556. The van der Waals surface area contributed by atoms with Crippen LogP contribution in [0.5, 0.6) is 23.0 Å². The van der Waals surface area contributed by atoms with Crippen molar-refractivity contribution in [3.63, 3.8) is 0 Å². The van der Waals surface area contributed by atoms with Crippen molar-refractivity contribution >= 4 is 16.5 Å². The van der Waals surface area contributed by atoms with Gasteiger partial charge in [-0.05, 0) is 48.9 Å². The summed E-state index contributed by atoms with van der Waals surface area (Å²) in [5, 5.41) is 3.96. The number of anilines is 1. The molecule has 6 nitrogen and oxygen atoms in total. The van der Waals surface area contributed by atoms with Gasteiger partial charge in [0.25, 0.3) is 0 Å².